The molecular weight excluding hydrogens is 240 g/mol. The summed E-state index contributed by atoms with van der Waals surface area (Å²) in [5.41, 5.74) is 6.75. The highest BCUT2D eigenvalue weighted by Crippen LogP contribution is 2.36. The summed E-state index contributed by atoms with van der Waals surface area (Å²) in [6.45, 7) is 7.14. The van der Waals surface area contributed by atoms with E-state index in [0.29, 0.717) is 17.6 Å². The summed E-state index contributed by atoms with van der Waals surface area (Å²) in [7, 11) is 0. The van der Waals surface area contributed by atoms with Crippen LogP contribution in [0, 0.1) is 0 Å². The minimum Gasteiger partial charge on any atom is -0.473 e. The second kappa shape index (κ2) is 6.08. The number of nitrogens with zero attached hydrogens (tertiary/aromatic N) is 3. The standard InChI is InChI=1S/C14H24N4O/c1-4-5-8-18(11-6-7-11)13-12(15)14(17-9-16-13)19-10(2)3/h9-11H,4-8,15H2,1-3H3. The largest absolute Gasteiger partial charge is 0.473 e. The van der Waals surface area contributed by atoms with Crippen molar-refractivity contribution in [3.63, 3.8) is 0 Å². The van der Waals surface area contributed by atoms with Crippen LogP contribution in [0.5, 0.6) is 5.88 Å². The molecule has 0 saturated heterocycles. The molecule has 19 heavy (non-hydrogen) atoms. The highest BCUT2D eigenvalue weighted by atomic mass is 16.5. The smallest absolute Gasteiger partial charge is 0.242 e. The lowest BCUT2D eigenvalue weighted by atomic mass is 10.3. The first-order chi connectivity index (χ1) is 9.13. The third-order valence-electron chi connectivity index (χ3n) is 3.19. The number of nitrogen functional groups attached to an aromatic ring is 1. The van der Waals surface area contributed by atoms with Crippen LogP contribution in [0.15, 0.2) is 6.33 Å². The van der Waals surface area contributed by atoms with Crippen molar-refractivity contribution in [3.05, 3.63) is 6.33 Å². The maximum atomic E-state index is 6.18. The summed E-state index contributed by atoms with van der Waals surface area (Å²) in [5.74, 6) is 1.34. The van der Waals surface area contributed by atoms with Crippen LogP contribution < -0.4 is 15.4 Å². The molecule has 0 bridgehead atoms. The summed E-state index contributed by atoms with van der Waals surface area (Å²) in [5, 5.41) is 0. The molecule has 1 aliphatic carbocycles. The van der Waals surface area contributed by atoms with Crippen molar-refractivity contribution in [2.75, 3.05) is 17.2 Å². The normalized spacial score (nSPS) is 14.7. The Bertz CT molecular complexity index is 418. The molecule has 0 unspecified atom stereocenters. The SMILES string of the molecule is CCCCN(c1ncnc(OC(C)C)c1N)C1CC1. The van der Waals surface area contributed by atoms with Gasteiger partial charge in [-0.25, -0.2) is 4.98 Å². The summed E-state index contributed by atoms with van der Waals surface area (Å²) in [6, 6.07) is 0.593. The minimum absolute atomic E-state index is 0.0649. The molecule has 106 valence electrons. The van der Waals surface area contributed by atoms with Gasteiger partial charge in [-0.2, -0.15) is 4.98 Å². The van der Waals surface area contributed by atoms with Crippen LogP contribution in [-0.4, -0.2) is 28.7 Å². The van der Waals surface area contributed by atoms with Gasteiger partial charge in [0.2, 0.25) is 5.88 Å². The Kier molecular flexibility index (Phi) is 4.45. The third-order valence-corrected chi connectivity index (χ3v) is 3.19. The third kappa shape index (κ3) is 3.49. The first-order valence-corrected chi connectivity index (χ1v) is 7.17. The molecule has 5 heteroatoms. The van der Waals surface area contributed by atoms with Gasteiger partial charge < -0.3 is 15.4 Å². The number of nitrogens with two attached hydrogens (primary N) is 1. The van der Waals surface area contributed by atoms with Crippen molar-refractivity contribution in [1.82, 2.24) is 9.97 Å². The number of aromatic nitrogens is 2. The predicted molar refractivity (Wildman–Crippen MR) is 77.5 cm³/mol. The van der Waals surface area contributed by atoms with E-state index in [1.54, 1.807) is 6.33 Å². The van der Waals surface area contributed by atoms with Gasteiger partial charge in [0.25, 0.3) is 0 Å². The van der Waals surface area contributed by atoms with Crippen molar-refractivity contribution in [2.45, 2.75) is 58.6 Å². The fourth-order valence-corrected chi connectivity index (χ4v) is 2.09. The maximum absolute atomic E-state index is 6.18. The minimum atomic E-state index is 0.0649. The Morgan fingerprint density at radius 1 is 1.42 bits per heavy atom. The van der Waals surface area contributed by atoms with E-state index in [9.17, 15) is 0 Å². The lowest BCUT2D eigenvalue weighted by Gasteiger charge is -2.25. The molecule has 2 N–H and O–H groups in total. The van der Waals surface area contributed by atoms with E-state index >= 15 is 0 Å². The molecule has 0 atom stereocenters. The Labute approximate surface area is 115 Å². The molecular formula is C14H24N4O. The van der Waals surface area contributed by atoms with Gasteiger partial charge in [-0.15, -0.1) is 0 Å². The summed E-state index contributed by atoms with van der Waals surface area (Å²) < 4.78 is 5.64. The molecule has 1 aromatic rings. The van der Waals surface area contributed by atoms with E-state index in [1.165, 1.54) is 19.3 Å². The van der Waals surface area contributed by atoms with E-state index in [-0.39, 0.29) is 6.10 Å². The highest BCUT2D eigenvalue weighted by molar-refractivity contribution is 5.68. The maximum Gasteiger partial charge on any atom is 0.242 e. The van der Waals surface area contributed by atoms with Crippen molar-refractivity contribution < 1.29 is 4.74 Å². The molecule has 1 saturated carbocycles. The number of ether oxygens (including phenoxy) is 1. The fraction of sp³-hybridized carbons (Fsp3) is 0.714. The van der Waals surface area contributed by atoms with E-state index in [0.717, 1.165) is 18.8 Å². The number of unbranched alkanes of at least 4 members (excludes halogenated alkanes) is 1. The van der Waals surface area contributed by atoms with E-state index in [2.05, 4.69) is 21.8 Å². The number of anilines is 2. The Balaban J connectivity index is 2.21. The van der Waals surface area contributed by atoms with Crippen molar-refractivity contribution >= 4 is 11.5 Å². The average molecular weight is 264 g/mol. The van der Waals surface area contributed by atoms with Gasteiger partial charge in [-0.1, -0.05) is 13.3 Å². The lowest BCUT2D eigenvalue weighted by Crippen LogP contribution is -2.29. The van der Waals surface area contributed by atoms with E-state index < -0.39 is 0 Å². The highest BCUT2D eigenvalue weighted by Gasteiger charge is 2.31. The average Bonchev–Trinajstić information content (AvgIpc) is 3.18. The van der Waals surface area contributed by atoms with Crippen molar-refractivity contribution in [1.29, 1.82) is 0 Å². The van der Waals surface area contributed by atoms with E-state index in [4.69, 9.17) is 10.5 Å². The van der Waals surface area contributed by atoms with Crippen LogP contribution in [0.2, 0.25) is 0 Å². The first-order valence-electron chi connectivity index (χ1n) is 7.17. The van der Waals surface area contributed by atoms with Crippen LogP contribution in [0.3, 0.4) is 0 Å². The van der Waals surface area contributed by atoms with Crippen LogP contribution in [0.4, 0.5) is 11.5 Å². The van der Waals surface area contributed by atoms with Crippen molar-refractivity contribution in [2.24, 2.45) is 0 Å². The zero-order chi connectivity index (χ0) is 13.8. The zero-order valence-corrected chi connectivity index (χ0v) is 12.1. The molecule has 1 aromatic heterocycles. The monoisotopic (exact) mass is 264 g/mol. The molecule has 0 amide bonds. The summed E-state index contributed by atoms with van der Waals surface area (Å²) >= 11 is 0. The molecule has 0 aromatic carbocycles. The van der Waals surface area contributed by atoms with Gasteiger partial charge in [0.1, 0.15) is 12.0 Å². The van der Waals surface area contributed by atoms with Crippen LogP contribution in [0.25, 0.3) is 0 Å². The fourth-order valence-electron chi connectivity index (χ4n) is 2.09. The molecule has 5 nitrogen and oxygen atoms in total. The second-order valence-corrected chi connectivity index (χ2v) is 5.36. The van der Waals surface area contributed by atoms with Crippen LogP contribution in [-0.2, 0) is 0 Å². The lowest BCUT2D eigenvalue weighted by molar-refractivity contribution is 0.234. The number of hydrogen-bond donors (Lipinski definition) is 1. The molecule has 1 heterocycles. The van der Waals surface area contributed by atoms with Crippen molar-refractivity contribution in [3.8, 4) is 5.88 Å². The molecule has 0 spiro atoms. The molecule has 1 fully saturated rings. The summed E-state index contributed by atoms with van der Waals surface area (Å²) in [4.78, 5) is 10.8. The predicted octanol–water partition coefficient (Wildman–Crippen LogP) is 2.61. The molecule has 1 aliphatic rings. The van der Waals surface area contributed by atoms with E-state index in [1.807, 2.05) is 13.8 Å². The first kappa shape index (κ1) is 13.9. The van der Waals surface area contributed by atoms with Gasteiger partial charge in [0.05, 0.1) is 6.10 Å². The second-order valence-electron chi connectivity index (χ2n) is 5.36. The van der Waals surface area contributed by atoms with Gasteiger partial charge in [0.15, 0.2) is 5.82 Å². The molecule has 0 aliphatic heterocycles. The number of rotatable bonds is 7. The molecule has 2 rings (SSSR count). The van der Waals surface area contributed by atoms with Gasteiger partial charge in [-0.05, 0) is 33.1 Å². The topological polar surface area (TPSA) is 64.3 Å². The van der Waals surface area contributed by atoms with Gasteiger partial charge in [0, 0.05) is 12.6 Å². The van der Waals surface area contributed by atoms with Gasteiger partial charge >= 0.3 is 0 Å². The van der Waals surface area contributed by atoms with Gasteiger partial charge in [-0.3, -0.25) is 0 Å². The Morgan fingerprint density at radius 2 is 2.16 bits per heavy atom. The zero-order valence-electron chi connectivity index (χ0n) is 12.1. The quantitative estimate of drug-likeness (QED) is 0.820. The summed E-state index contributed by atoms with van der Waals surface area (Å²) in [6.07, 6.45) is 6.39. The Hall–Kier alpha value is -1.52. The Morgan fingerprint density at radius 3 is 2.74 bits per heavy atom. The number of hydrogen-bond acceptors (Lipinski definition) is 5. The van der Waals surface area contributed by atoms with Crippen LogP contribution in [0.1, 0.15) is 46.5 Å². The molecule has 0 radical (unpaired) electrons. The van der Waals surface area contributed by atoms with Crippen LogP contribution >= 0.6 is 0 Å².